The van der Waals surface area contributed by atoms with Gasteiger partial charge in [-0.3, -0.25) is 14.7 Å². The van der Waals surface area contributed by atoms with Crippen molar-refractivity contribution in [2.75, 3.05) is 17.7 Å². The first-order valence-corrected chi connectivity index (χ1v) is 10.7. The summed E-state index contributed by atoms with van der Waals surface area (Å²) in [7, 11) is 3.02. The third kappa shape index (κ3) is 4.70. The van der Waals surface area contributed by atoms with E-state index in [2.05, 4.69) is 25.8 Å². The van der Waals surface area contributed by atoms with Crippen LogP contribution in [0.15, 0.2) is 39.8 Å². The van der Waals surface area contributed by atoms with E-state index in [1.54, 1.807) is 32.3 Å². The van der Waals surface area contributed by atoms with E-state index in [4.69, 9.17) is 9.26 Å². The van der Waals surface area contributed by atoms with E-state index >= 15 is 0 Å². The number of hydrogen-bond donors (Lipinski definition) is 2. The molecule has 2 amide bonds. The van der Waals surface area contributed by atoms with Crippen LogP contribution < -0.4 is 20.9 Å². The van der Waals surface area contributed by atoms with Crippen molar-refractivity contribution in [3.63, 3.8) is 0 Å². The van der Waals surface area contributed by atoms with Gasteiger partial charge in [0.25, 0.3) is 5.56 Å². The number of carbonyl (C=O) groups is 1. The second-order valence-electron chi connectivity index (χ2n) is 9.11. The largest absolute Gasteiger partial charge is 0.467 e. The zero-order chi connectivity index (χ0) is 25.5. The van der Waals surface area contributed by atoms with Crippen molar-refractivity contribution < 1.29 is 18.4 Å². The molecule has 0 atom stereocenters. The molecule has 0 radical (unpaired) electrons. The van der Waals surface area contributed by atoms with Crippen LogP contribution in [0.1, 0.15) is 32.0 Å². The standard InChI is InChI=1S/C24H25FN6O4/c1-12-7-16(25)17(27-22(33)28-19-10-18(30-35-19)24(2,3)4)9-14(12)15-8-13-11-26-23(34-6)29-20(13)31(5)21(15)32/h7-11H,1-6H3,(H2,27,28,33). The van der Waals surface area contributed by atoms with E-state index in [0.29, 0.717) is 33.4 Å². The Kier molecular flexibility index (Phi) is 6.01. The highest BCUT2D eigenvalue weighted by Crippen LogP contribution is 2.29. The highest BCUT2D eigenvalue weighted by Gasteiger charge is 2.21. The lowest BCUT2D eigenvalue weighted by molar-refractivity contribution is 0.261. The number of halogens is 1. The molecule has 0 bridgehead atoms. The molecule has 3 aromatic heterocycles. The van der Waals surface area contributed by atoms with Gasteiger partial charge in [0.15, 0.2) is 0 Å². The van der Waals surface area contributed by atoms with Gasteiger partial charge in [-0.25, -0.2) is 14.2 Å². The fourth-order valence-electron chi connectivity index (χ4n) is 3.53. The molecule has 0 spiro atoms. The number of fused-ring (bicyclic) bond motifs is 1. The zero-order valence-electron chi connectivity index (χ0n) is 20.2. The van der Waals surface area contributed by atoms with E-state index in [-0.39, 0.29) is 28.6 Å². The Morgan fingerprint density at radius 1 is 1.14 bits per heavy atom. The maximum atomic E-state index is 14.7. The Bertz CT molecular complexity index is 1500. The summed E-state index contributed by atoms with van der Waals surface area (Å²) in [4.78, 5) is 34.0. The summed E-state index contributed by atoms with van der Waals surface area (Å²) in [5.74, 6) is -0.529. The van der Waals surface area contributed by atoms with E-state index < -0.39 is 11.8 Å². The lowest BCUT2D eigenvalue weighted by atomic mass is 9.92. The number of nitrogens with one attached hydrogen (secondary N) is 2. The molecule has 1 aromatic carbocycles. The Morgan fingerprint density at radius 2 is 1.89 bits per heavy atom. The molecule has 4 rings (SSSR count). The van der Waals surface area contributed by atoms with Gasteiger partial charge in [0.05, 0.1) is 18.5 Å². The molecule has 35 heavy (non-hydrogen) atoms. The number of anilines is 2. The van der Waals surface area contributed by atoms with Crippen LogP contribution >= 0.6 is 0 Å². The van der Waals surface area contributed by atoms with Crippen LogP contribution in [0.2, 0.25) is 0 Å². The van der Waals surface area contributed by atoms with Crippen LogP contribution in [0.3, 0.4) is 0 Å². The molecule has 0 fully saturated rings. The number of amides is 2. The van der Waals surface area contributed by atoms with Gasteiger partial charge in [0, 0.05) is 35.7 Å². The van der Waals surface area contributed by atoms with Crippen molar-refractivity contribution in [2.45, 2.75) is 33.1 Å². The van der Waals surface area contributed by atoms with Crippen LogP contribution in [-0.4, -0.2) is 32.8 Å². The van der Waals surface area contributed by atoms with Gasteiger partial charge in [0.2, 0.25) is 5.88 Å². The minimum Gasteiger partial charge on any atom is -0.467 e. The first-order chi connectivity index (χ1) is 16.5. The maximum Gasteiger partial charge on any atom is 0.326 e. The summed E-state index contributed by atoms with van der Waals surface area (Å²) < 4.78 is 26.3. The Hall–Kier alpha value is -4.28. The Balaban J connectivity index is 1.67. The average molecular weight is 481 g/mol. The molecule has 10 nitrogen and oxygen atoms in total. The normalized spacial score (nSPS) is 11.5. The molecule has 182 valence electrons. The van der Waals surface area contributed by atoms with Gasteiger partial charge in [-0.05, 0) is 36.2 Å². The van der Waals surface area contributed by atoms with Crippen molar-refractivity contribution in [3.8, 4) is 17.1 Å². The number of methoxy groups -OCH3 is 1. The van der Waals surface area contributed by atoms with Gasteiger partial charge in [-0.2, -0.15) is 4.98 Å². The number of carbonyl (C=O) groups excluding carboxylic acids is 1. The van der Waals surface area contributed by atoms with Crippen molar-refractivity contribution in [3.05, 3.63) is 57.9 Å². The fourth-order valence-corrected chi connectivity index (χ4v) is 3.53. The number of ether oxygens (including phenoxy) is 1. The first kappa shape index (κ1) is 23.9. The molecule has 11 heteroatoms. The summed E-state index contributed by atoms with van der Waals surface area (Å²) in [6, 6.07) is 5.32. The highest BCUT2D eigenvalue weighted by molar-refractivity contribution is 5.99. The maximum absolute atomic E-state index is 14.7. The molecule has 0 aliphatic carbocycles. The van der Waals surface area contributed by atoms with Gasteiger partial charge >= 0.3 is 12.0 Å². The molecule has 0 unspecified atom stereocenters. The van der Waals surface area contributed by atoms with Crippen LogP contribution in [0.25, 0.3) is 22.2 Å². The quantitative estimate of drug-likeness (QED) is 0.444. The lowest BCUT2D eigenvalue weighted by Gasteiger charge is -2.14. The Morgan fingerprint density at radius 3 is 2.54 bits per heavy atom. The minimum absolute atomic E-state index is 0.105. The predicted octanol–water partition coefficient (Wildman–Crippen LogP) is 4.38. The predicted molar refractivity (Wildman–Crippen MR) is 129 cm³/mol. The highest BCUT2D eigenvalue weighted by atomic mass is 19.1. The molecule has 0 saturated carbocycles. The Labute approximate surface area is 200 Å². The fraction of sp³-hybridized carbons (Fsp3) is 0.292. The van der Waals surface area contributed by atoms with Crippen LogP contribution in [0.4, 0.5) is 20.8 Å². The van der Waals surface area contributed by atoms with Crippen LogP contribution in [0, 0.1) is 12.7 Å². The monoisotopic (exact) mass is 480 g/mol. The molecule has 4 aromatic rings. The van der Waals surface area contributed by atoms with E-state index in [1.807, 2.05) is 20.8 Å². The topological polar surface area (TPSA) is 124 Å². The zero-order valence-corrected chi connectivity index (χ0v) is 20.2. The van der Waals surface area contributed by atoms with Crippen LogP contribution in [0.5, 0.6) is 6.01 Å². The van der Waals surface area contributed by atoms with Crippen molar-refractivity contribution in [1.29, 1.82) is 0 Å². The molecule has 0 aliphatic rings. The summed E-state index contributed by atoms with van der Waals surface area (Å²) >= 11 is 0. The third-order valence-electron chi connectivity index (χ3n) is 5.48. The number of pyridine rings is 1. The number of rotatable bonds is 4. The number of hydrogen-bond acceptors (Lipinski definition) is 7. The molecule has 2 N–H and O–H groups in total. The number of aryl methyl sites for hydroxylation is 2. The molecular weight excluding hydrogens is 455 g/mol. The number of aromatic nitrogens is 4. The SMILES string of the molecule is COc1ncc2cc(-c3cc(NC(=O)Nc4cc(C(C)(C)C)no4)c(F)cc3C)c(=O)n(C)c2n1. The molecule has 0 aliphatic heterocycles. The number of nitrogens with zero attached hydrogens (tertiary/aromatic N) is 4. The van der Waals surface area contributed by atoms with Gasteiger partial charge in [-0.1, -0.05) is 25.9 Å². The van der Waals surface area contributed by atoms with Gasteiger partial charge in [-0.15, -0.1) is 0 Å². The summed E-state index contributed by atoms with van der Waals surface area (Å²) in [6.07, 6.45) is 1.54. The van der Waals surface area contributed by atoms with Crippen molar-refractivity contribution in [2.24, 2.45) is 7.05 Å². The second-order valence-corrected chi connectivity index (χ2v) is 9.11. The van der Waals surface area contributed by atoms with Gasteiger partial charge in [0.1, 0.15) is 11.5 Å². The molecule has 3 heterocycles. The van der Waals surface area contributed by atoms with E-state index in [9.17, 15) is 14.0 Å². The molecule has 0 saturated heterocycles. The van der Waals surface area contributed by atoms with Crippen LogP contribution in [-0.2, 0) is 12.5 Å². The van der Waals surface area contributed by atoms with Crippen molar-refractivity contribution >= 4 is 28.6 Å². The average Bonchev–Trinajstić information content (AvgIpc) is 3.27. The summed E-state index contributed by atoms with van der Waals surface area (Å²) in [5, 5.41) is 9.50. The van der Waals surface area contributed by atoms with E-state index in [0.717, 1.165) is 0 Å². The smallest absolute Gasteiger partial charge is 0.326 e. The van der Waals surface area contributed by atoms with Crippen molar-refractivity contribution in [1.82, 2.24) is 19.7 Å². The third-order valence-corrected chi connectivity index (χ3v) is 5.48. The summed E-state index contributed by atoms with van der Waals surface area (Å²) in [6.45, 7) is 7.55. The minimum atomic E-state index is -0.720. The van der Waals surface area contributed by atoms with E-state index in [1.165, 1.54) is 23.8 Å². The summed E-state index contributed by atoms with van der Waals surface area (Å²) in [5.41, 5.74) is 1.61. The van der Waals surface area contributed by atoms with Gasteiger partial charge < -0.3 is 14.6 Å². The lowest BCUT2D eigenvalue weighted by Crippen LogP contribution is -2.21. The second kappa shape index (κ2) is 8.82. The first-order valence-electron chi connectivity index (χ1n) is 10.7. The molecular formula is C24H25FN6O4. The number of benzene rings is 1. The number of urea groups is 1.